The first-order chi connectivity index (χ1) is 12.1. The third kappa shape index (κ3) is 10.1. The van der Waals surface area contributed by atoms with Crippen LogP contribution in [0.1, 0.15) is 51.4 Å². The van der Waals surface area contributed by atoms with E-state index in [1.54, 1.807) is 0 Å². The monoisotopic (exact) mass is 355 g/mol. The van der Waals surface area contributed by atoms with Crippen molar-refractivity contribution in [2.24, 2.45) is 5.73 Å². The molecule has 2 saturated heterocycles. The summed E-state index contributed by atoms with van der Waals surface area (Å²) in [6.45, 7) is 6.20. The lowest BCUT2D eigenvalue weighted by Gasteiger charge is -2.29. The predicted molar refractivity (Wildman–Crippen MR) is 96.7 cm³/mol. The molecule has 0 radical (unpaired) electrons. The van der Waals surface area contributed by atoms with Crippen LogP contribution in [-0.4, -0.2) is 77.9 Å². The van der Waals surface area contributed by atoms with Crippen molar-refractivity contribution in [3.8, 4) is 0 Å². The summed E-state index contributed by atoms with van der Waals surface area (Å²) in [6, 6.07) is 0.999. The van der Waals surface area contributed by atoms with Crippen molar-refractivity contribution in [1.29, 1.82) is 0 Å². The van der Waals surface area contributed by atoms with Gasteiger partial charge >= 0.3 is 13.3 Å². The second-order valence-electron chi connectivity index (χ2n) is 7.24. The highest BCUT2D eigenvalue weighted by Crippen LogP contribution is 2.21. The largest absolute Gasteiger partial charge is 0.451 e. The fraction of sp³-hybridized carbons (Fsp3) is 0.941. The molecule has 8 heteroatoms. The minimum absolute atomic E-state index is 0.250. The maximum absolute atomic E-state index is 8.82. The number of nitrogens with two attached hydrogens (primary N) is 1. The molecule has 2 atom stereocenters. The summed E-state index contributed by atoms with van der Waals surface area (Å²) >= 11 is 0. The van der Waals surface area contributed by atoms with Crippen LogP contribution in [0.4, 0.5) is 0 Å². The van der Waals surface area contributed by atoms with Gasteiger partial charge in [0.1, 0.15) is 0 Å². The Hall–Kier alpha value is -0.755. The molecular formula is C17H34BN3O4. The van der Waals surface area contributed by atoms with Crippen LogP contribution < -0.4 is 5.73 Å². The molecule has 2 rings (SSSR count). The molecule has 0 saturated carbocycles. The van der Waals surface area contributed by atoms with E-state index in [-0.39, 0.29) is 12.2 Å². The Kier molecular flexibility index (Phi) is 12.0. The van der Waals surface area contributed by atoms with Gasteiger partial charge in [-0.2, -0.15) is 9.59 Å². The predicted octanol–water partition coefficient (Wildman–Crippen LogP) is 0.324. The number of nitrogens with zero attached hydrogens (tertiary/aromatic N) is 2. The molecule has 0 aromatic heterocycles. The third-order valence-corrected chi connectivity index (χ3v) is 5.24. The number of hydrogen-bond donors (Lipinski definition) is 3. The summed E-state index contributed by atoms with van der Waals surface area (Å²) < 4.78 is 0. The number of unbranched alkanes of at least 4 members (excludes halogenated alkanes) is 1. The van der Waals surface area contributed by atoms with Gasteiger partial charge in [0, 0.05) is 18.6 Å². The Morgan fingerprint density at radius 2 is 1.76 bits per heavy atom. The van der Waals surface area contributed by atoms with Crippen LogP contribution in [0.3, 0.4) is 0 Å². The van der Waals surface area contributed by atoms with Crippen molar-refractivity contribution in [1.82, 2.24) is 9.80 Å². The summed E-state index contributed by atoms with van der Waals surface area (Å²) in [7, 11) is -1.16. The lowest BCUT2D eigenvalue weighted by atomic mass is 9.83. The molecule has 2 heterocycles. The lowest BCUT2D eigenvalue weighted by molar-refractivity contribution is -0.191. The summed E-state index contributed by atoms with van der Waals surface area (Å²) in [4.78, 5) is 21.5. The van der Waals surface area contributed by atoms with Crippen molar-refractivity contribution in [2.45, 2.75) is 69.8 Å². The van der Waals surface area contributed by atoms with Gasteiger partial charge in [0.15, 0.2) is 0 Å². The topological polar surface area (TPSA) is 107 Å². The number of rotatable bonds is 10. The van der Waals surface area contributed by atoms with Gasteiger partial charge < -0.3 is 20.7 Å². The molecule has 2 fully saturated rings. The molecule has 4 N–H and O–H groups in total. The Morgan fingerprint density at radius 3 is 2.40 bits per heavy atom. The van der Waals surface area contributed by atoms with Crippen molar-refractivity contribution >= 4 is 13.3 Å². The van der Waals surface area contributed by atoms with Crippen LogP contribution in [0.25, 0.3) is 0 Å². The van der Waals surface area contributed by atoms with Crippen LogP contribution in [0.5, 0.6) is 0 Å². The van der Waals surface area contributed by atoms with Crippen LogP contribution >= 0.6 is 0 Å². The smallest absolute Gasteiger partial charge is 0.427 e. The zero-order valence-electron chi connectivity index (χ0n) is 15.3. The number of hydrogen-bond acceptors (Lipinski definition) is 7. The van der Waals surface area contributed by atoms with Gasteiger partial charge in [-0.25, -0.2) is 0 Å². The molecule has 0 amide bonds. The molecule has 0 aromatic rings. The zero-order chi connectivity index (χ0) is 18.5. The Labute approximate surface area is 151 Å². The normalized spacial score (nSPS) is 22.3. The maximum atomic E-state index is 8.82. The summed E-state index contributed by atoms with van der Waals surface area (Å²) in [5, 5.41) is 17.6. The molecule has 7 nitrogen and oxygen atoms in total. The highest BCUT2D eigenvalue weighted by Gasteiger charge is 2.27. The summed E-state index contributed by atoms with van der Waals surface area (Å²) in [5.41, 5.74) is 6.22. The van der Waals surface area contributed by atoms with Crippen LogP contribution in [-0.2, 0) is 9.59 Å². The van der Waals surface area contributed by atoms with E-state index in [0.717, 1.165) is 38.3 Å². The minimum atomic E-state index is -1.16. The quantitative estimate of drug-likeness (QED) is 0.383. The molecule has 144 valence electrons. The van der Waals surface area contributed by atoms with Gasteiger partial charge in [0.25, 0.3) is 0 Å². The Balaban J connectivity index is 0.000000970. The lowest BCUT2D eigenvalue weighted by Crippen LogP contribution is -2.41. The van der Waals surface area contributed by atoms with E-state index in [2.05, 4.69) is 9.80 Å². The van der Waals surface area contributed by atoms with Crippen LogP contribution in [0, 0.1) is 0 Å². The fourth-order valence-electron chi connectivity index (χ4n) is 3.87. The molecule has 0 bridgehead atoms. The van der Waals surface area contributed by atoms with Gasteiger partial charge in [-0.05, 0) is 71.0 Å². The first-order valence-electron chi connectivity index (χ1n) is 9.64. The summed E-state index contributed by atoms with van der Waals surface area (Å²) in [6.07, 6.45) is 10.1. The van der Waals surface area contributed by atoms with Crippen molar-refractivity contribution < 1.29 is 19.6 Å². The van der Waals surface area contributed by atoms with Crippen molar-refractivity contribution in [3.63, 3.8) is 0 Å². The molecule has 2 aliphatic heterocycles. The van der Waals surface area contributed by atoms with Gasteiger partial charge in [-0.15, -0.1) is 0 Å². The number of carbonyl (C=O) groups excluding carboxylic acids is 2. The van der Waals surface area contributed by atoms with Gasteiger partial charge in [-0.1, -0.05) is 12.8 Å². The minimum Gasteiger partial charge on any atom is -0.427 e. The second kappa shape index (κ2) is 13.4. The Bertz CT molecular complexity index is 375. The first-order valence-corrected chi connectivity index (χ1v) is 9.64. The van der Waals surface area contributed by atoms with E-state index >= 15 is 0 Å². The molecule has 25 heavy (non-hydrogen) atoms. The van der Waals surface area contributed by atoms with E-state index in [4.69, 9.17) is 25.4 Å². The molecule has 1 unspecified atom stereocenters. The zero-order valence-corrected chi connectivity index (χ0v) is 15.3. The van der Waals surface area contributed by atoms with E-state index < -0.39 is 7.12 Å². The molecule has 0 aliphatic carbocycles. The van der Waals surface area contributed by atoms with E-state index in [0.29, 0.717) is 6.32 Å². The van der Waals surface area contributed by atoms with Gasteiger partial charge in [-0.3, -0.25) is 4.90 Å². The Morgan fingerprint density at radius 1 is 1.08 bits per heavy atom. The standard InChI is InChI=1S/C16H34BN3O2.CO2/c18-15(6-1-2-9-17(21)22)8-13-20-12-5-7-16(20)14-19-10-3-4-11-19;2-1-3/h15-16,21-22H,1-14,18H2;/t15?,16-;/m0./s1. The fourth-order valence-corrected chi connectivity index (χ4v) is 3.87. The van der Waals surface area contributed by atoms with Gasteiger partial charge in [0.2, 0.25) is 0 Å². The average Bonchev–Trinajstić information content (AvgIpc) is 3.23. The highest BCUT2D eigenvalue weighted by molar-refractivity contribution is 6.40. The SMILES string of the molecule is NC(CCCCB(O)O)CCN1CCC[C@H]1CN1CCCC1.O=C=O. The maximum Gasteiger partial charge on any atom is 0.451 e. The van der Waals surface area contributed by atoms with Gasteiger partial charge in [0.05, 0.1) is 0 Å². The number of likely N-dealkylation sites (tertiary alicyclic amines) is 2. The highest BCUT2D eigenvalue weighted by atomic mass is 16.4. The second-order valence-corrected chi connectivity index (χ2v) is 7.24. The molecule has 2 aliphatic rings. The van der Waals surface area contributed by atoms with E-state index in [1.165, 1.54) is 51.9 Å². The average molecular weight is 355 g/mol. The first kappa shape index (κ1) is 22.3. The van der Waals surface area contributed by atoms with E-state index in [1.807, 2.05) is 0 Å². The van der Waals surface area contributed by atoms with Crippen molar-refractivity contribution in [3.05, 3.63) is 0 Å². The van der Waals surface area contributed by atoms with E-state index in [9.17, 15) is 0 Å². The van der Waals surface area contributed by atoms with Crippen LogP contribution in [0.15, 0.2) is 0 Å². The third-order valence-electron chi connectivity index (χ3n) is 5.24. The van der Waals surface area contributed by atoms with Crippen LogP contribution in [0.2, 0.25) is 6.32 Å². The summed E-state index contributed by atoms with van der Waals surface area (Å²) in [5.74, 6) is 0. The van der Waals surface area contributed by atoms with Crippen molar-refractivity contribution in [2.75, 3.05) is 32.7 Å². The molecule has 0 spiro atoms. The molecular weight excluding hydrogens is 321 g/mol. The molecule has 0 aromatic carbocycles.